The normalized spacial score (nSPS) is 19.9. The summed E-state index contributed by atoms with van der Waals surface area (Å²) in [7, 11) is 0. The largest absolute Gasteiger partial charge is 0.467 e. The molecule has 1 aliphatic heterocycles. The summed E-state index contributed by atoms with van der Waals surface area (Å²) in [5.41, 5.74) is 2.25. The highest BCUT2D eigenvalue weighted by atomic mass is 32.1. The molecule has 1 N–H and O–H groups in total. The maximum atomic E-state index is 13.7. The highest BCUT2D eigenvalue weighted by Crippen LogP contribution is 2.41. The zero-order valence-electron chi connectivity index (χ0n) is 13.5. The van der Waals surface area contributed by atoms with Gasteiger partial charge in [-0.2, -0.15) is 0 Å². The van der Waals surface area contributed by atoms with Gasteiger partial charge in [-0.25, -0.2) is 4.39 Å². The van der Waals surface area contributed by atoms with Gasteiger partial charge in [0.25, 0.3) is 0 Å². The summed E-state index contributed by atoms with van der Waals surface area (Å²) < 4.78 is 19.4. The average Bonchev–Trinajstić information content (AvgIpc) is 3.25. The van der Waals surface area contributed by atoms with Crippen molar-refractivity contribution in [3.8, 4) is 0 Å². The topological polar surface area (TPSA) is 41.3 Å². The molecule has 0 spiro atoms. The lowest BCUT2D eigenvalue weighted by atomic mass is 10.0. The first-order valence-corrected chi connectivity index (χ1v) is 8.36. The summed E-state index contributed by atoms with van der Waals surface area (Å²) in [4.78, 5) is 6.42. The van der Waals surface area contributed by atoms with Gasteiger partial charge >= 0.3 is 0 Å². The van der Waals surface area contributed by atoms with E-state index in [1.807, 2.05) is 35.2 Å². The third-order valence-corrected chi connectivity index (χ3v) is 4.67. The summed E-state index contributed by atoms with van der Waals surface area (Å²) in [6.07, 6.45) is 3.39. The molecule has 2 atom stereocenters. The minimum atomic E-state index is -0.238. The molecule has 0 saturated carbocycles. The number of aromatic nitrogens is 1. The molecule has 1 fully saturated rings. The van der Waals surface area contributed by atoms with Crippen LogP contribution in [0.3, 0.4) is 0 Å². The molecule has 0 radical (unpaired) electrons. The molecule has 0 bridgehead atoms. The van der Waals surface area contributed by atoms with Crippen LogP contribution in [0.15, 0.2) is 65.4 Å². The number of aryl methyl sites for hydroxylation is 1. The van der Waals surface area contributed by atoms with E-state index in [-0.39, 0.29) is 17.9 Å². The van der Waals surface area contributed by atoms with Gasteiger partial charge in [0.2, 0.25) is 0 Å². The Morgan fingerprint density at radius 3 is 2.76 bits per heavy atom. The Labute approximate surface area is 150 Å². The van der Waals surface area contributed by atoms with Crippen LogP contribution in [0, 0.1) is 12.7 Å². The van der Waals surface area contributed by atoms with Gasteiger partial charge in [0, 0.05) is 11.9 Å². The van der Waals surface area contributed by atoms with Crippen LogP contribution in [-0.4, -0.2) is 10.1 Å². The van der Waals surface area contributed by atoms with Gasteiger partial charge in [-0.1, -0.05) is 6.07 Å². The molecule has 25 heavy (non-hydrogen) atoms. The average molecular weight is 353 g/mol. The molecule has 1 saturated heterocycles. The maximum Gasteiger partial charge on any atom is 0.174 e. The van der Waals surface area contributed by atoms with Crippen LogP contribution in [0.2, 0.25) is 0 Å². The summed E-state index contributed by atoms with van der Waals surface area (Å²) in [5.74, 6) is 0.530. The van der Waals surface area contributed by atoms with E-state index >= 15 is 0 Å². The lowest BCUT2D eigenvalue weighted by Gasteiger charge is -2.26. The molecule has 126 valence electrons. The van der Waals surface area contributed by atoms with Crippen molar-refractivity contribution in [2.75, 3.05) is 4.90 Å². The van der Waals surface area contributed by atoms with Crippen LogP contribution in [-0.2, 0) is 0 Å². The van der Waals surface area contributed by atoms with E-state index < -0.39 is 0 Å². The lowest BCUT2D eigenvalue weighted by Crippen LogP contribution is -2.29. The number of benzene rings is 1. The second kappa shape index (κ2) is 6.29. The van der Waals surface area contributed by atoms with Crippen molar-refractivity contribution in [1.29, 1.82) is 0 Å². The van der Waals surface area contributed by atoms with E-state index in [0.717, 1.165) is 17.1 Å². The maximum absolute atomic E-state index is 13.7. The Morgan fingerprint density at radius 1 is 1.20 bits per heavy atom. The summed E-state index contributed by atoms with van der Waals surface area (Å²) in [5, 5.41) is 3.89. The molecule has 4 rings (SSSR count). The van der Waals surface area contributed by atoms with E-state index in [0.29, 0.717) is 10.7 Å². The van der Waals surface area contributed by atoms with Crippen LogP contribution in [0.4, 0.5) is 10.1 Å². The Balaban J connectivity index is 1.82. The first-order valence-electron chi connectivity index (χ1n) is 7.95. The van der Waals surface area contributed by atoms with Gasteiger partial charge in [-0.05, 0) is 67.2 Å². The number of rotatable bonds is 3. The number of anilines is 1. The van der Waals surface area contributed by atoms with Crippen molar-refractivity contribution < 1.29 is 8.81 Å². The minimum absolute atomic E-state index is 0.162. The van der Waals surface area contributed by atoms with Crippen LogP contribution in [0.25, 0.3) is 0 Å². The molecule has 1 aliphatic rings. The summed E-state index contributed by atoms with van der Waals surface area (Å²) in [6, 6.07) is 14.1. The molecule has 0 amide bonds. The molecule has 1 aromatic carbocycles. The van der Waals surface area contributed by atoms with Crippen molar-refractivity contribution in [2.24, 2.45) is 0 Å². The standard InChI is InChI=1S/C19H16FN3OS/c1-12-11-13(7-8-14(12)20)23-18(16-6-4-10-24-16)17(22-19(23)25)15-5-2-3-9-21-15/h2-11,17-18H,1H3,(H,22,25). The second-order valence-electron chi connectivity index (χ2n) is 5.95. The number of thiocarbonyl (C=S) groups is 1. The van der Waals surface area contributed by atoms with Crippen molar-refractivity contribution in [1.82, 2.24) is 10.3 Å². The van der Waals surface area contributed by atoms with Crippen molar-refractivity contribution >= 4 is 23.0 Å². The van der Waals surface area contributed by atoms with E-state index in [4.69, 9.17) is 16.6 Å². The predicted molar refractivity (Wildman–Crippen MR) is 97.8 cm³/mol. The van der Waals surface area contributed by atoms with Gasteiger partial charge in [-0.15, -0.1) is 0 Å². The molecule has 3 aromatic rings. The van der Waals surface area contributed by atoms with Crippen LogP contribution >= 0.6 is 12.2 Å². The molecule has 2 aromatic heterocycles. The Kier molecular flexibility index (Phi) is 3.97. The fourth-order valence-corrected chi connectivity index (χ4v) is 3.51. The van der Waals surface area contributed by atoms with Gasteiger partial charge in [0.1, 0.15) is 17.6 Å². The Morgan fingerprint density at radius 2 is 2.08 bits per heavy atom. The molecule has 2 unspecified atom stereocenters. The molecular formula is C19H16FN3OS. The van der Waals surface area contributed by atoms with Crippen molar-refractivity contribution in [3.63, 3.8) is 0 Å². The molecular weight excluding hydrogens is 337 g/mol. The highest BCUT2D eigenvalue weighted by molar-refractivity contribution is 7.80. The zero-order chi connectivity index (χ0) is 17.4. The third kappa shape index (κ3) is 2.78. The van der Waals surface area contributed by atoms with Gasteiger partial charge in [-0.3, -0.25) is 4.98 Å². The molecule has 4 nitrogen and oxygen atoms in total. The zero-order valence-corrected chi connectivity index (χ0v) is 14.3. The molecule has 6 heteroatoms. The minimum Gasteiger partial charge on any atom is -0.467 e. The number of furan rings is 1. The van der Waals surface area contributed by atoms with E-state index in [2.05, 4.69) is 10.3 Å². The third-order valence-electron chi connectivity index (χ3n) is 4.35. The summed E-state index contributed by atoms with van der Waals surface area (Å²) in [6.45, 7) is 1.74. The van der Waals surface area contributed by atoms with Crippen molar-refractivity contribution in [2.45, 2.75) is 19.0 Å². The first-order chi connectivity index (χ1) is 12.1. The SMILES string of the molecule is Cc1cc(N2C(=S)NC(c3ccccn3)C2c2ccco2)ccc1F. The quantitative estimate of drug-likeness (QED) is 0.711. The van der Waals surface area contributed by atoms with Gasteiger partial charge in [0.15, 0.2) is 5.11 Å². The monoisotopic (exact) mass is 353 g/mol. The Bertz CT molecular complexity index is 898. The van der Waals surface area contributed by atoms with Crippen LogP contribution in [0.1, 0.15) is 29.1 Å². The van der Waals surface area contributed by atoms with Gasteiger partial charge in [0.05, 0.1) is 18.0 Å². The van der Waals surface area contributed by atoms with E-state index in [1.165, 1.54) is 6.07 Å². The number of nitrogens with zero attached hydrogens (tertiary/aromatic N) is 2. The lowest BCUT2D eigenvalue weighted by molar-refractivity contribution is 0.432. The van der Waals surface area contributed by atoms with E-state index in [1.54, 1.807) is 31.5 Å². The molecule has 0 aliphatic carbocycles. The van der Waals surface area contributed by atoms with Gasteiger partial charge < -0.3 is 14.6 Å². The number of halogens is 1. The fourth-order valence-electron chi connectivity index (χ4n) is 3.16. The highest BCUT2D eigenvalue weighted by Gasteiger charge is 2.42. The van der Waals surface area contributed by atoms with Crippen LogP contribution < -0.4 is 10.2 Å². The first kappa shape index (κ1) is 15.8. The Hall–Kier alpha value is -2.73. The van der Waals surface area contributed by atoms with Crippen molar-refractivity contribution in [3.05, 3.63) is 83.8 Å². The number of hydrogen-bond donors (Lipinski definition) is 1. The van der Waals surface area contributed by atoms with Crippen LogP contribution in [0.5, 0.6) is 0 Å². The number of pyridine rings is 1. The fraction of sp³-hybridized carbons (Fsp3) is 0.158. The second-order valence-corrected chi connectivity index (χ2v) is 6.33. The summed E-state index contributed by atoms with van der Waals surface area (Å²) >= 11 is 5.58. The predicted octanol–water partition coefficient (Wildman–Crippen LogP) is 4.30. The molecule has 3 heterocycles. The number of nitrogens with one attached hydrogen (secondary N) is 1. The number of hydrogen-bond acceptors (Lipinski definition) is 3. The van der Waals surface area contributed by atoms with E-state index in [9.17, 15) is 4.39 Å². The smallest absolute Gasteiger partial charge is 0.174 e.